The van der Waals surface area contributed by atoms with Gasteiger partial charge in [-0.3, -0.25) is 14.6 Å². The fraction of sp³-hybridized carbons (Fsp3) is 0.273. The van der Waals surface area contributed by atoms with Gasteiger partial charge in [-0.25, -0.2) is 4.68 Å². The first kappa shape index (κ1) is 18.1. The predicted molar refractivity (Wildman–Crippen MR) is 107 cm³/mol. The number of pyridine rings is 1. The van der Waals surface area contributed by atoms with Gasteiger partial charge in [-0.1, -0.05) is 30.3 Å². The minimum absolute atomic E-state index is 0.0437. The third kappa shape index (κ3) is 4.01. The van der Waals surface area contributed by atoms with Crippen molar-refractivity contribution in [3.8, 4) is 11.3 Å². The van der Waals surface area contributed by atoms with Gasteiger partial charge in [0.05, 0.1) is 5.69 Å². The first-order valence-corrected chi connectivity index (χ1v) is 9.53. The van der Waals surface area contributed by atoms with E-state index in [4.69, 9.17) is 0 Å². The molecule has 142 valence electrons. The van der Waals surface area contributed by atoms with Crippen LogP contribution in [-0.2, 0) is 6.54 Å². The Morgan fingerprint density at radius 2 is 1.68 bits per heavy atom. The number of carbonyl (C=O) groups is 1. The highest BCUT2D eigenvalue weighted by Crippen LogP contribution is 2.21. The first-order chi connectivity index (χ1) is 13.7. The highest BCUT2D eigenvalue weighted by Gasteiger charge is 2.24. The molecule has 3 heterocycles. The number of carbonyl (C=O) groups excluding carboxylic acids is 1. The molecule has 4 rings (SSSR count). The fourth-order valence-corrected chi connectivity index (χ4v) is 3.58. The average Bonchev–Trinajstić information content (AvgIpc) is 2.76. The average molecular weight is 374 g/mol. The second-order valence-corrected chi connectivity index (χ2v) is 7.08. The number of aromatic nitrogens is 3. The van der Waals surface area contributed by atoms with Crippen molar-refractivity contribution in [3.05, 3.63) is 82.9 Å². The van der Waals surface area contributed by atoms with E-state index in [9.17, 15) is 9.59 Å². The maximum absolute atomic E-state index is 12.6. The number of piperidine rings is 1. The summed E-state index contributed by atoms with van der Waals surface area (Å²) in [5.41, 5.74) is 2.37. The molecule has 1 aromatic carbocycles. The van der Waals surface area contributed by atoms with E-state index in [1.165, 1.54) is 0 Å². The van der Waals surface area contributed by atoms with Crippen LogP contribution in [0.15, 0.2) is 71.8 Å². The van der Waals surface area contributed by atoms with Gasteiger partial charge >= 0.3 is 0 Å². The number of amides is 1. The Kier molecular flexibility index (Phi) is 5.28. The molecule has 28 heavy (non-hydrogen) atoms. The van der Waals surface area contributed by atoms with Gasteiger partial charge in [-0.05, 0) is 37.0 Å². The van der Waals surface area contributed by atoms with Crippen molar-refractivity contribution in [1.29, 1.82) is 0 Å². The Morgan fingerprint density at radius 1 is 0.964 bits per heavy atom. The van der Waals surface area contributed by atoms with Gasteiger partial charge in [0.15, 0.2) is 0 Å². The highest BCUT2D eigenvalue weighted by molar-refractivity contribution is 5.94. The SMILES string of the molecule is O=C(c1ccncc1)N1CCC(Cn2nc(-c3ccccc3)ccc2=O)CC1. The molecule has 1 amide bonds. The van der Waals surface area contributed by atoms with Gasteiger partial charge in [-0.2, -0.15) is 5.10 Å². The van der Waals surface area contributed by atoms with Crippen LogP contribution in [-0.4, -0.2) is 38.7 Å². The summed E-state index contributed by atoms with van der Waals surface area (Å²) in [5, 5.41) is 4.56. The van der Waals surface area contributed by atoms with E-state index in [0.717, 1.165) is 24.1 Å². The second kappa shape index (κ2) is 8.17. The molecule has 0 aliphatic carbocycles. The monoisotopic (exact) mass is 374 g/mol. The molecule has 0 N–H and O–H groups in total. The van der Waals surface area contributed by atoms with Gasteiger partial charge in [0.1, 0.15) is 0 Å². The van der Waals surface area contributed by atoms with Gasteiger partial charge in [0.2, 0.25) is 0 Å². The maximum Gasteiger partial charge on any atom is 0.266 e. The summed E-state index contributed by atoms with van der Waals surface area (Å²) in [6.07, 6.45) is 5.00. The van der Waals surface area contributed by atoms with Crippen LogP contribution in [0.2, 0.25) is 0 Å². The second-order valence-electron chi connectivity index (χ2n) is 7.08. The van der Waals surface area contributed by atoms with Crippen molar-refractivity contribution in [2.45, 2.75) is 19.4 Å². The molecule has 2 aromatic heterocycles. The van der Waals surface area contributed by atoms with Gasteiger partial charge < -0.3 is 4.90 Å². The molecular formula is C22H22N4O2. The lowest BCUT2D eigenvalue weighted by molar-refractivity contribution is 0.0680. The van der Waals surface area contributed by atoms with Crippen LogP contribution in [0, 0.1) is 5.92 Å². The van der Waals surface area contributed by atoms with Crippen molar-refractivity contribution >= 4 is 5.91 Å². The number of rotatable bonds is 4. The first-order valence-electron chi connectivity index (χ1n) is 9.53. The molecule has 0 unspecified atom stereocenters. The van der Waals surface area contributed by atoms with Crippen LogP contribution >= 0.6 is 0 Å². The van der Waals surface area contributed by atoms with E-state index in [1.54, 1.807) is 41.3 Å². The summed E-state index contributed by atoms with van der Waals surface area (Å²) in [5.74, 6) is 0.375. The minimum atomic E-state index is -0.0880. The summed E-state index contributed by atoms with van der Waals surface area (Å²) < 4.78 is 1.56. The van der Waals surface area contributed by atoms with E-state index < -0.39 is 0 Å². The molecular weight excluding hydrogens is 352 g/mol. The van der Waals surface area contributed by atoms with E-state index in [2.05, 4.69) is 10.1 Å². The number of hydrogen-bond acceptors (Lipinski definition) is 4. The lowest BCUT2D eigenvalue weighted by Crippen LogP contribution is -2.40. The predicted octanol–water partition coefficient (Wildman–Crippen LogP) is 2.86. The minimum Gasteiger partial charge on any atom is -0.339 e. The normalized spacial score (nSPS) is 14.8. The lowest BCUT2D eigenvalue weighted by atomic mass is 9.96. The number of benzene rings is 1. The topological polar surface area (TPSA) is 68.1 Å². The largest absolute Gasteiger partial charge is 0.339 e. The molecule has 1 saturated heterocycles. The Labute approximate surface area is 163 Å². The Balaban J connectivity index is 1.41. The molecule has 6 heteroatoms. The summed E-state index contributed by atoms with van der Waals surface area (Å²) in [6, 6.07) is 16.7. The quantitative estimate of drug-likeness (QED) is 0.704. The third-order valence-corrected chi connectivity index (χ3v) is 5.20. The molecule has 1 aliphatic heterocycles. The van der Waals surface area contributed by atoms with E-state index in [-0.39, 0.29) is 11.5 Å². The molecule has 6 nitrogen and oxygen atoms in total. The van der Waals surface area contributed by atoms with Gasteiger partial charge in [-0.15, -0.1) is 0 Å². The summed E-state index contributed by atoms with van der Waals surface area (Å²) in [4.78, 5) is 30.7. The lowest BCUT2D eigenvalue weighted by Gasteiger charge is -2.32. The summed E-state index contributed by atoms with van der Waals surface area (Å²) in [7, 11) is 0. The molecule has 0 saturated carbocycles. The maximum atomic E-state index is 12.6. The zero-order chi connectivity index (χ0) is 19.3. The zero-order valence-electron chi connectivity index (χ0n) is 15.6. The smallest absolute Gasteiger partial charge is 0.266 e. The zero-order valence-corrected chi connectivity index (χ0v) is 15.6. The van der Waals surface area contributed by atoms with Crippen molar-refractivity contribution < 1.29 is 4.79 Å². The molecule has 0 spiro atoms. The van der Waals surface area contributed by atoms with Crippen molar-refractivity contribution in [1.82, 2.24) is 19.7 Å². The molecule has 3 aromatic rings. The molecule has 0 bridgehead atoms. The fourth-order valence-electron chi connectivity index (χ4n) is 3.58. The summed E-state index contributed by atoms with van der Waals surface area (Å²) in [6.45, 7) is 1.97. The molecule has 1 aliphatic rings. The van der Waals surface area contributed by atoms with E-state index >= 15 is 0 Å². The third-order valence-electron chi connectivity index (χ3n) is 5.20. The van der Waals surface area contributed by atoms with Crippen LogP contribution in [0.3, 0.4) is 0 Å². The number of hydrogen-bond donors (Lipinski definition) is 0. The van der Waals surface area contributed by atoms with Crippen LogP contribution in [0.4, 0.5) is 0 Å². The van der Waals surface area contributed by atoms with Gasteiger partial charge in [0, 0.05) is 49.2 Å². The van der Waals surface area contributed by atoms with E-state index in [0.29, 0.717) is 31.1 Å². The van der Waals surface area contributed by atoms with Crippen LogP contribution in [0.5, 0.6) is 0 Å². The molecule has 0 atom stereocenters. The molecule has 0 radical (unpaired) electrons. The summed E-state index contributed by atoms with van der Waals surface area (Å²) >= 11 is 0. The molecule has 1 fully saturated rings. The Bertz CT molecular complexity index is 994. The highest BCUT2D eigenvalue weighted by atomic mass is 16.2. The van der Waals surface area contributed by atoms with Crippen molar-refractivity contribution in [3.63, 3.8) is 0 Å². The van der Waals surface area contributed by atoms with Crippen molar-refractivity contribution in [2.24, 2.45) is 5.92 Å². The van der Waals surface area contributed by atoms with Crippen LogP contribution in [0.25, 0.3) is 11.3 Å². The Morgan fingerprint density at radius 3 is 2.39 bits per heavy atom. The number of nitrogens with zero attached hydrogens (tertiary/aromatic N) is 4. The standard InChI is InChI=1S/C22H22N4O2/c27-21-7-6-20(18-4-2-1-3-5-18)24-26(21)16-17-10-14-25(15-11-17)22(28)19-8-12-23-13-9-19/h1-9,12-13,17H,10-11,14-16H2. The van der Waals surface area contributed by atoms with Gasteiger partial charge in [0.25, 0.3) is 11.5 Å². The van der Waals surface area contributed by atoms with Crippen LogP contribution in [0.1, 0.15) is 23.2 Å². The van der Waals surface area contributed by atoms with Crippen LogP contribution < -0.4 is 5.56 Å². The number of likely N-dealkylation sites (tertiary alicyclic amines) is 1. The van der Waals surface area contributed by atoms with E-state index in [1.807, 2.05) is 35.2 Å². The van der Waals surface area contributed by atoms with Crippen molar-refractivity contribution in [2.75, 3.05) is 13.1 Å². The Hall–Kier alpha value is -3.28.